The number of benzene rings is 1. The summed E-state index contributed by atoms with van der Waals surface area (Å²) in [6.45, 7) is 4.13. The molecule has 3 aromatic heterocycles. The fourth-order valence-electron chi connectivity index (χ4n) is 4.05. The second-order valence-electron chi connectivity index (χ2n) is 9.01. The average Bonchev–Trinajstić information content (AvgIpc) is 3.41. The molecular weight excluding hydrogens is 414 g/mol. The standard InChI is InChI=1S/C25H29N7O/c1-14(2)19-11-22(32-31-19)25(33)29-20(10-16-13-27-18-7-5-4-6-17(16)18)21-12-23(26-3)30-24(28-21)15-8-9-15/h4-7,11-15,20,27H,8-10H2,1-3H3,(H,29,33)(H,31,32)(H,26,28,30). The lowest BCUT2D eigenvalue weighted by Crippen LogP contribution is -2.31. The second-order valence-corrected chi connectivity index (χ2v) is 9.01. The van der Waals surface area contributed by atoms with E-state index in [-0.39, 0.29) is 17.9 Å². The Hall–Kier alpha value is -3.68. The van der Waals surface area contributed by atoms with Crippen molar-refractivity contribution in [2.75, 3.05) is 12.4 Å². The second kappa shape index (κ2) is 8.69. The van der Waals surface area contributed by atoms with E-state index < -0.39 is 0 Å². The summed E-state index contributed by atoms with van der Waals surface area (Å²) < 4.78 is 0. The van der Waals surface area contributed by atoms with Crippen molar-refractivity contribution in [1.29, 1.82) is 0 Å². The van der Waals surface area contributed by atoms with E-state index in [9.17, 15) is 4.79 Å². The molecule has 1 amide bonds. The molecule has 1 aliphatic carbocycles. The molecule has 0 aliphatic heterocycles. The third-order valence-electron chi connectivity index (χ3n) is 6.18. The van der Waals surface area contributed by atoms with Crippen LogP contribution in [0.15, 0.2) is 42.6 Å². The maximum atomic E-state index is 13.2. The average molecular weight is 444 g/mol. The van der Waals surface area contributed by atoms with Crippen molar-refractivity contribution < 1.29 is 4.79 Å². The van der Waals surface area contributed by atoms with Gasteiger partial charge in [-0.25, -0.2) is 9.97 Å². The van der Waals surface area contributed by atoms with Gasteiger partial charge in [-0.15, -0.1) is 0 Å². The van der Waals surface area contributed by atoms with Crippen LogP contribution in [0.4, 0.5) is 5.82 Å². The van der Waals surface area contributed by atoms with Crippen molar-refractivity contribution in [2.45, 2.75) is 51.0 Å². The highest BCUT2D eigenvalue weighted by Gasteiger charge is 2.29. The van der Waals surface area contributed by atoms with Crippen LogP contribution in [-0.4, -0.2) is 38.1 Å². The molecular formula is C25H29N7O. The van der Waals surface area contributed by atoms with E-state index in [0.29, 0.717) is 18.0 Å². The number of hydrogen-bond donors (Lipinski definition) is 4. The Morgan fingerprint density at radius 1 is 1.18 bits per heavy atom. The quantitative estimate of drug-likeness (QED) is 0.322. The van der Waals surface area contributed by atoms with Crippen molar-refractivity contribution in [3.8, 4) is 0 Å². The van der Waals surface area contributed by atoms with Crippen molar-refractivity contribution in [2.24, 2.45) is 0 Å². The zero-order valence-electron chi connectivity index (χ0n) is 19.1. The summed E-state index contributed by atoms with van der Waals surface area (Å²) in [6.07, 6.45) is 4.83. The Morgan fingerprint density at radius 2 is 2.00 bits per heavy atom. The first-order valence-corrected chi connectivity index (χ1v) is 11.5. The number of nitrogens with zero attached hydrogens (tertiary/aromatic N) is 3. The maximum Gasteiger partial charge on any atom is 0.272 e. The number of para-hydroxylation sites is 1. The highest BCUT2D eigenvalue weighted by Crippen LogP contribution is 2.39. The first-order valence-electron chi connectivity index (χ1n) is 11.5. The number of carbonyl (C=O) groups is 1. The van der Waals surface area contributed by atoms with Crippen LogP contribution in [0.3, 0.4) is 0 Å². The van der Waals surface area contributed by atoms with E-state index in [4.69, 9.17) is 4.98 Å². The minimum absolute atomic E-state index is 0.222. The molecule has 1 atom stereocenters. The fourth-order valence-corrected chi connectivity index (χ4v) is 4.05. The number of rotatable bonds is 8. The molecule has 5 rings (SSSR count). The number of aromatic nitrogens is 5. The van der Waals surface area contributed by atoms with Gasteiger partial charge >= 0.3 is 0 Å². The molecule has 8 nitrogen and oxygen atoms in total. The van der Waals surface area contributed by atoms with Crippen molar-refractivity contribution in [1.82, 2.24) is 30.5 Å². The van der Waals surface area contributed by atoms with Crippen LogP contribution in [0.5, 0.6) is 0 Å². The summed E-state index contributed by atoms with van der Waals surface area (Å²) in [5, 5.41) is 14.7. The van der Waals surface area contributed by atoms with Gasteiger partial charge in [-0.2, -0.15) is 5.10 Å². The predicted octanol–water partition coefficient (Wildman–Crippen LogP) is 4.44. The molecule has 8 heteroatoms. The van der Waals surface area contributed by atoms with Gasteiger partial charge in [0, 0.05) is 48.2 Å². The minimum atomic E-state index is -0.330. The molecule has 1 fully saturated rings. The molecule has 170 valence electrons. The third kappa shape index (κ3) is 4.46. The van der Waals surface area contributed by atoms with Gasteiger partial charge in [0.15, 0.2) is 0 Å². The lowest BCUT2D eigenvalue weighted by atomic mass is 10.0. The van der Waals surface area contributed by atoms with Gasteiger partial charge in [-0.1, -0.05) is 32.0 Å². The zero-order chi connectivity index (χ0) is 22.9. The van der Waals surface area contributed by atoms with Gasteiger partial charge in [-0.05, 0) is 36.5 Å². The molecule has 0 saturated heterocycles. The van der Waals surface area contributed by atoms with Gasteiger partial charge in [-0.3, -0.25) is 9.89 Å². The van der Waals surface area contributed by atoms with Crippen LogP contribution < -0.4 is 10.6 Å². The van der Waals surface area contributed by atoms with E-state index in [2.05, 4.69) is 56.8 Å². The van der Waals surface area contributed by atoms with Crippen molar-refractivity contribution in [3.05, 3.63) is 71.1 Å². The lowest BCUT2D eigenvalue weighted by molar-refractivity contribution is 0.0930. The van der Waals surface area contributed by atoms with E-state index in [1.54, 1.807) is 0 Å². The van der Waals surface area contributed by atoms with Gasteiger partial charge < -0.3 is 15.6 Å². The third-order valence-corrected chi connectivity index (χ3v) is 6.18. The van der Waals surface area contributed by atoms with E-state index in [1.807, 2.05) is 37.5 Å². The van der Waals surface area contributed by atoms with Gasteiger partial charge in [0.05, 0.1) is 11.7 Å². The Kier molecular flexibility index (Phi) is 5.58. The molecule has 33 heavy (non-hydrogen) atoms. The van der Waals surface area contributed by atoms with Gasteiger partial charge in [0.1, 0.15) is 17.3 Å². The molecule has 1 saturated carbocycles. The summed E-state index contributed by atoms with van der Waals surface area (Å²) in [5.74, 6) is 2.06. The number of carbonyl (C=O) groups excluding carboxylic acids is 1. The monoisotopic (exact) mass is 443 g/mol. The number of anilines is 1. The summed E-state index contributed by atoms with van der Waals surface area (Å²) >= 11 is 0. The molecule has 4 aromatic rings. The number of hydrogen-bond acceptors (Lipinski definition) is 5. The Labute approximate surface area is 192 Å². The van der Waals surface area contributed by atoms with Crippen LogP contribution in [-0.2, 0) is 6.42 Å². The van der Waals surface area contributed by atoms with Gasteiger partial charge in [0.25, 0.3) is 5.91 Å². The summed E-state index contributed by atoms with van der Waals surface area (Å²) in [7, 11) is 1.85. The van der Waals surface area contributed by atoms with E-state index in [1.165, 1.54) is 0 Å². The minimum Gasteiger partial charge on any atom is -0.373 e. The van der Waals surface area contributed by atoms with E-state index in [0.717, 1.165) is 52.3 Å². The number of H-pyrrole nitrogens is 2. The molecule has 3 heterocycles. The Balaban J connectivity index is 1.50. The van der Waals surface area contributed by atoms with Crippen LogP contribution in [0, 0.1) is 0 Å². The van der Waals surface area contributed by atoms with Crippen LogP contribution >= 0.6 is 0 Å². The Bertz CT molecular complexity index is 1280. The molecule has 0 bridgehead atoms. The maximum absolute atomic E-state index is 13.2. The fraction of sp³-hybridized carbons (Fsp3) is 0.360. The molecule has 1 unspecified atom stereocenters. The summed E-state index contributed by atoms with van der Waals surface area (Å²) in [6, 6.07) is 11.6. The van der Waals surface area contributed by atoms with Crippen LogP contribution in [0.2, 0.25) is 0 Å². The molecule has 1 aliphatic rings. The first kappa shape index (κ1) is 21.2. The Morgan fingerprint density at radius 3 is 2.73 bits per heavy atom. The first-order chi connectivity index (χ1) is 16.0. The number of fused-ring (bicyclic) bond motifs is 1. The largest absolute Gasteiger partial charge is 0.373 e. The van der Waals surface area contributed by atoms with Gasteiger partial charge in [0.2, 0.25) is 0 Å². The highest BCUT2D eigenvalue weighted by atomic mass is 16.2. The summed E-state index contributed by atoms with van der Waals surface area (Å²) in [4.78, 5) is 26.0. The lowest BCUT2D eigenvalue weighted by Gasteiger charge is -2.19. The van der Waals surface area contributed by atoms with Crippen molar-refractivity contribution in [3.63, 3.8) is 0 Å². The number of nitrogens with one attached hydrogen (secondary N) is 4. The predicted molar refractivity (Wildman–Crippen MR) is 128 cm³/mol. The van der Waals surface area contributed by atoms with E-state index >= 15 is 0 Å². The topological polar surface area (TPSA) is 111 Å². The normalized spacial score (nSPS) is 14.5. The smallest absolute Gasteiger partial charge is 0.272 e. The zero-order valence-corrected chi connectivity index (χ0v) is 19.1. The highest BCUT2D eigenvalue weighted by molar-refractivity contribution is 5.92. The summed E-state index contributed by atoms with van der Waals surface area (Å²) in [5.41, 5.74) is 4.31. The van der Waals surface area contributed by atoms with Crippen LogP contribution in [0.1, 0.15) is 77.8 Å². The molecule has 4 N–H and O–H groups in total. The molecule has 0 radical (unpaired) electrons. The SMILES string of the molecule is CNc1cc(C(Cc2c[nH]c3ccccc23)NC(=O)c2cc(C(C)C)[nH]n2)nc(C2CC2)n1. The van der Waals surface area contributed by atoms with Crippen LogP contribution in [0.25, 0.3) is 10.9 Å². The number of aromatic amines is 2. The molecule has 1 aromatic carbocycles. The van der Waals surface area contributed by atoms with Crippen molar-refractivity contribution >= 4 is 22.6 Å². The number of amides is 1. The molecule has 0 spiro atoms.